The molecule has 2 N–H and O–H groups in total. The summed E-state index contributed by atoms with van der Waals surface area (Å²) in [7, 11) is 2.09. The molecule has 2 fully saturated rings. The van der Waals surface area contributed by atoms with Crippen molar-refractivity contribution in [2.75, 3.05) is 31.6 Å². The molecule has 0 radical (unpaired) electrons. The molecule has 1 saturated carbocycles. The summed E-state index contributed by atoms with van der Waals surface area (Å²) >= 11 is 0. The van der Waals surface area contributed by atoms with Crippen LogP contribution in [0.1, 0.15) is 75.1 Å². The Balaban J connectivity index is 1.42. The summed E-state index contributed by atoms with van der Waals surface area (Å²) in [6.45, 7) is 4.59. The average Bonchev–Trinajstić information content (AvgIpc) is 2.78. The lowest BCUT2D eigenvalue weighted by atomic mass is 9.96. The monoisotopic (exact) mass is 414 g/mol. The van der Waals surface area contributed by atoms with E-state index in [0.29, 0.717) is 19.1 Å². The van der Waals surface area contributed by atoms with Gasteiger partial charge in [0.25, 0.3) is 5.91 Å². The SMILES string of the molecule is CCCCN(C)c1ccc(C(=O)N2CCC(NC(=O)NC3CCCCC3)CC2)cc1. The van der Waals surface area contributed by atoms with Crippen molar-refractivity contribution in [3.8, 4) is 0 Å². The maximum Gasteiger partial charge on any atom is 0.315 e. The zero-order valence-corrected chi connectivity index (χ0v) is 18.7. The number of unbranched alkanes of at least 4 members (excludes halogenated alkanes) is 1. The molecule has 0 aromatic heterocycles. The number of anilines is 1. The van der Waals surface area contributed by atoms with E-state index < -0.39 is 0 Å². The molecule has 30 heavy (non-hydrogen) atoms. The number of piperidine rings is 1. The third kappa shape index (κ3) is 6.38. The van der Waals surface area contributed by atoms with E-state index in [1.165, 1.54) is 32.1 Å². The predicted molar refractivity (Wildman–Crippen MR) is 122 cm³/mol. The van der Waals surface area contributed by atoms with Crippen molar-refractivity contribution >= 4 is 17.6 Å². The van der Waals surface area contributed by atoms with Gasteiger partial charge in [0, 0.05) is 50.0 Å². The standard InChI is InChI=1S/C24H38N4O2/c1-3-4-16-27(2)22-12-10-19(11-13-22)23(29)28-17-14-21(15-18-28)26-24(30)25-20-8-6-5-7-9-20/h10-13,20-21H,3-9,14-18H2,1-2H3,(H2,25,26,30). The van der Waals surface area contributed by atoms with Gasteiger partial charge < -0.3 is 20.4 Å². The van der Waals surface area contributed by atoms with Gasteiger partial charge in [-0.1, -0.05) is 32.6 Å². The maximum atomic E-state index is 12.9. The second-order valence-electron chi connectivity index (χ2n) is 8.84. The first-order valence-corrected chi connectivity index (χ1v) is 11.7. The molecule has 166 valence electrons. The number of carbonyl (C=O) groups is 2. The molecule has 0 unspecified atom stereocenters. The molecule has 1 aromatic carbocycles. The highest BCUT2D eigenvalue weighted by Gasteiger charge is 2.25. The molecule has 1 saturated heterocycles. The lowest BCUT2D eigenvalue weighted by Gasteiger charge is -2.33. The number of hydrogen-bond acceptors (Lipinski definition) is 3. The summed E-state index contributed by atoms with van der Waals surface area (Å²) in [6.07, 6.45) is 9.84. The van der Waals surface area contributed by atoms with Crippen LogP contribution in [-0.2, 0) is 0 Å². The Morgan fingerprint density at radius 1 is 0.967 bits per heavy atom. The highest BCUT2D eigenvalue weighted by atomic mass is 16.2. The van der Waals surface area contributed by atoms with Gasteiger partial charge in [-0.15, -0.1) is 0 Å². The van der Waals surface area contributed by atoms with Crippen LogP contribution in [0, 0.1) is 0 Å². The Morgan fingerprint density at radius 3 is 2.17 bits per heavy atom. The first-order chi connectivity index (χ1) is 14.6. The molecule has 0 bridgehead atoms. The number of amides is 3. The van der Waals surface area contributed by atoms with Crippen LogP contribution >= 0.6 is 0 Å². The largest absolute Gasteiger partial charge is 0.375 e. The van der Waals surface area contributed by atoms with Crippen molar-refractivity contribution in [3.05, 3.63) is 29.8 Å². The van der Waals surface area contributed by atoms with Gasteiger partial charge >= 0.3 is 6.03 Å². The number of nitrogens with zero attached hydrogens (tertiary/aromatic N) is 2. The topological polar surface area (TPSA) is 64.7 Å². The van der Waals surface area contributed by atoms with Gasteiger partial charge in [-0.05, 0) is 56.4 Å². The van der Waals surface area contributed by atoms with Gasteiger partial charge in [0.2, 0.25) is 0 Å². The van der Waals surface area contributed by atoms with Crippen molar-refractivity contribution < 1.29 is 9.59 Å². The third-order valence-electron chi connectivity index (χ3n) is 6.46. The molecule has 6 nitrogen and oxygen atoms in total. The number of urea groups is 1. The Morgan fingerprint density at radius 2 is 1.57 bits per heavy atom. The normalized spacial score (nSPS) is 18.1. The summed E-state index contributed by atoms with van der Waals surface area (Å²) < 4.78 is 0. The smallest absolute Gasteiger partial charge is 0.315 e. The first kappa shape index (κ1) is 22.4. The second kappa shape index (κ2) is 11.2. The predicted octanol–water partition coefficient (Wildman–Crippen LogP) is 4.16. The summed E-state index contributed by atoms with van der Waals surface area (Å²) in [5, 5.41) is 6.23. The van der Waals surface area contributed by atoms with Crippen molar-refractivity contribution in [3.63, 3.8) is 0 Å². The summed E-state index contributed by atoms with van der Waals surface area (Å²) in [5.74, 6) is 0.0860. The number of benzene rings is 1. The van der Waals surface area contributed by atoms with Gasteiger partial charge in [-0.3, -0.25) is 4.79 Å². The van der Waals surface area contributed by atoms with Crippen molar-refractivity contribution in [2.24, 2.45) is 0 Å². The number of carbonyl (C=O) groups excluding carboxylic acids is 2. The Labute approximate surface area is 181 Å². The third-order valence-corrected chi connectivity index (χ3v) is 6.46. The molecule has 2 aliphatic rings. The van der Waals surface area contributed by atoms with E-state index in [0.717, 1.165) is 43.5 Å². The van der Waals surface area contributed by atoms with Gasteiger partial charge in [0.05, 0.1) is 0 Å². The minimum Gasteiger partial charge on any atom is -0.375 e. The van der Waals surface area contributed by atoms with Crippen LogP contribution in [0.3, 0.4) is 0 Å². The second-order valence-corrected chi connectivity index (χ2v) is 8.84. The minimum atomic E-state index is -0.0468. The Bertz CT molecular complexity index is 677. The van der Waals surface area contributed by atoms with Crippen LogP contribution in [0.5, 0.6) is 0 Å². The van der Waals surface area contributed by atoms with E-state index in [9.17, 15) is 9.59 Å². The van der Waals surface area contributed by atoms with Crippen LogP contribution in [0.2, 0.25) is 0 Å². The van der Waals surface area contributed by atoms with E-state index in [2.05, 4.69) is 29.5 Å². The summed E-state index contributed by atoms with van der Waals surface area (Å²) in [6, 6.07) is 8.36. The van der Waals surface area contributed by atoms with Crippen LogP contribution in [-0.4, -0.2) is 55.6 Å². The highest BCUT2D eigenvalue weighted by Crippen LogP contribution is 2.19. The fraction of sp³-hybridized carbons (Fsp3) is 0.667. The molecule has 1 aliphatic carbocycles. The van der Waals surface area contributed by atoms with Crippen LogP contribution in [0.25, 0.3) is 0 Å². The molecule has 0 spiro atoms. The average molecular weight is 415 g/mol. The molecule has 1 aliphatic heterocycles. The summed E-state index contributed by atoms with van der Waals surface area (Å²) in [4.78, 5) is 29.3. The van der Waals surface area contributed by atoms with Crippen molar-refractivity contribution in [2.45, 2.75) is 76.8 Å². The number of nitrogens with one attached hydrogen (secondary N) is 2. The molecule has 1 aromatic rings. The lowest BCUT2D eigenvalue weighted by Crippen LogP contribution is -2.51. The Hall–Kier alpha value is -2.24. The lowest BCUT2D eigenvalue weighted by molar-refractivity contribution is 0.0708. The fourth-order valence-corrected chi connectivity index (χ4v) is 4.45. The van der Waals surface area contributed by atoms with Crippen LogP contribution in [0.4, 0.5) is 10.5 Å². The first-order valence-electron chi connectivity index (χ1n) is 11.7. The van der Waals surface area contributed by atoms with Crippen LogP contribution in [0.15, 0.2) is 24.3 Å². The van der Waals surface area contributed by atoms with Crippen molar-refractivity contribution in [1.29, 1.82) is 0 Å². The molecular weight excluding hydrogens is 376 g/mol. The van der Waals surface area contributed by atoms with Gasteiger partial charge in [0.15, 0.2) is 0 Å². The zero-order chi connectivity index (χ0) is 21.3. The number of rotatable bonds is 7. The Kier molecular flexibility index (Phi) is 8.40. The van der Waals surface area contributed by atoms with E-state index in [-0.39, 0.29) is 18.0 Å². The number of hydrogen-bond donors (Lipinski definition) is 2. The van der Waals surface area contributed by atoms with Crippen LogP contribution < -0.4 is 15.5 Å². The molecule has 0 atom stereocenters. The molecule has 6 heteroatoms. The maximum absolute atomic E-state index is 12.9. The van der Waals surface area contributed by atoms with E-state index in [1.807, 2.05) is 29.2 Å². The molecular formula is C24H38N4O2. The van der Waals surface area contributed by atoms with E-state index >= 15 is 0 Å². The molecule has 1 heterocycles. The minimum absolute atomic E-state index is 0.0468. The van der Waals surface area contributed by atoms with Gasteiger partial charge in [-0.25, -0.2) is 4.79 Å². The van der Waals surface area contributed by atoms with Crippen molar-refractivity contribution in [1.82, 2.24) is 15.5 Å². The number of likely N-dealkylation sites (tertiary alicyclic amines) is 1. The van der Waals surface area contributed by atoms with Gasteiger partial charge in [-0.2, -0.15) is 0 Å². The summed E-state index contributed by atoms with van der Waals surface area (Å²) in [5.41, 5.74) is 1.89. The van der Waals surface area contributed by atoms with E-state index in [4.69, 9.17) is 0 Å². The molecule has 3 rings (SSSR count). The quantitative estimate of drug-likeness (QED) is 0.704. The molecule has 3 amide bonds. The van der Waals surface area contributed by atoms with E-state index in [1.54, 1.807) is 0 Å². The fourth-order valence-electron chi connectivity index (χ4n) is 4.45. The van der Waals surface area contributed by atoms with Gasteiger partial charge in [0.1, 0.15) is 0 Å². The zero-order valence-electron chi connectivity index (χ0n) is 18.7. The highest BCUT2D eigenvalue weighted by molar-refractivity contribution is 5.94.